The zero-order valence-corrected chi connectivity index (χ0v) is 12.3. The van der Waals surface area contributed by atoms with Gasteiger partial charge in [-0.1, -0.05) is 23.2 Å². The Morgan fingerprint density at radius 1 is 1.05 bits per heavy atom. The van der Waals surface area contributed by atoms with Crippen LogP contribution < -0.4 is 5.69 Å². The summed E-state index contributed by atoms with van der Waals surface area (Å²) in [4.78, 5) is 12.4. The van der Waals surface area contributed by atoms with E-state index in [2.05, 4.69) is 0 Å². The summed E-state index contributed by atoms with van der Waals surface area (Å²) in [6.45, 7) is 1.49. The lowest BCUT2D eigenvalue weighted by Gasteiger charge is -2.14. The molecule has 2 heterocycles. The van der Waals surface area contributed by atoms with Crippen molar-refractivity contribution in [2.75, 3.05) is 0 Å². The highest BCUT2D eigenvalue weighted by Crippen LogP contribution is 2.24. The Labute approximate surface area is 124 Å². The molecule has 0 spiro atoms. The van der Waals surface area contributed by atoms with Gasteiger partial charge in [0, 0.05) is 13.1 Å². The van der Waals surface area contributed by atoms with Crippen molar-refractivity contribution in [3.63, 3.8) is 0 Å². The molecule has 1 aromatic heterocycles. The van der Waals surface area contributed by atoms with Crippen molar-refractivity contribution in [2.45, 2.75) is 25.9 Å². The quantitative estimate of drug-likeness (QED) is 0.756. The van der Waals surface area contributed by atoms with Crippen molar-refractivity contribution < 1.29 is 0 Å². The van der Waals surface area contributed by atoms with Gasteiger partial charge in [-0.25, -0.2) is 14.0 Å². The van der Waals surface area contributed by atoms with E-state index in [0.717, 1.165) is 19.4 Å². The summed E-state index contributed by atoms with van der Waals surface area (Å²) in [6, 6.07) is 5.08. The Morgan fingerprint density at radius 3 is 2.37 bits per heavy atom. The maximum atomic E-state index is 12.4. The molecule has 100 valence electrons. The average Bonchev–Trinajstić information content (AvgIpc) is 2.66. The Hall–Kier alpha value is -1.04. The molecule has 1 aromatic carbocycles. The number of halogens is 2. The SMILES string of the molecule is O=c1n(-c2ccc(Cl)c(Cl)c2)c(=S)n2n1CCCC2. The largest absolute Gasteiger partial charge is 0.349 e. The molecule has 0 N–H and O–H groups in total. The number of aromatic nitrogens is 3. The first-order chi connectivity index (χ1) is 9.09. The fourth-order valence-electron chi connectivity index (χ4n) is 2.32. The van der Waals surface area contributed by atoms with Crippen molar-refractivity contribution >= 4 is 35.4 Å². The van der Waals surface area contributed by atoms with Gasteiger partial charge in [0.15, 0.2) is 0 Å². The summed E-state index contributed by atoms with van der Waals surface area (Å²) >= 11 is 17.3. The van der Waals surface area contributed by atoms with Gasteiger partial charge >= 0.3 is 5.69 Å². The lowest BCUT2D eigenvalue weighted by Crippen LogP contribution is -2.29. The lowest BCUT2D eigenvalue weighted by molar-refractivity contribution is 0.352. The highest BCUT2D eigenvalue weighted by molar-refractivity contribution is 7.71. The number of nitrogens with zero attached hydrogens (tertiary/aromatic N) is 3. The summed E-state index contributed by atoms with van der Waals surface area (Å²) in [7, 11) is 0. The summed E-state index contributed by atoms with van der Waals surface area (Å²) in [5.41, 5.74) is 0.530. The lowest BCUT2D eigenvalue weighted by atomic mass is 10.3. The van der Waals surface area contributed by atoms with E-state index in [1.807, 2.05) is 4.68 Å². The third kappa shape index (κ3) is 2.06. The molecule has 0 atom stereocenters. The first kappa shape index (κ1) is 13.0. The Balaban J connectivity index is 2.26. The second-order valence-corrected chi connectivity index (χ2v) is 5.63. The van der Waals surface area contributed by atoms with Gasteiger partial charge in [-0.2, -0.15) is 0 Å². The molecule has 4 nitrogen and oxygen atoms in total. The monoisotopic (exact) mass is 315 g/mol. The highest BCUT2D eigenvalue weighted by Gasteiger charge is 2.17. The van der Waals surface area contributed by atoms with Crippen LogP contribution in [-0.4, -0.2) is 13.9 Å². The molecular weight excluding hydrogens is 305 g/mol. The van der Waals surface area contributed by atoms with Crippen LogP contribution in [0.4, 0.5) is 0 Å². The molecule has 0 saturated carbocycles. The van der Waals surface area contributed by atoms with Gasteiger partial charge in [0.05, 0.1) is 15.7 Å². The minimum Gasteiger partial charge on any atom is -0.256 e. The molecule has 2 aromatic rings. The van der Waals surface area contributed by atoms with E-state index in [4.69, 9.17) is 35.4 Å². The third-order valence-corrected chi connectivity index (χ3v) is 4.40. The van der Waals surface area contributed by atoms with Gasteiger partial charge in [-0.3, -0.25) is 4.68 Å². The predicted molar refractivity (Wildman–Crippen MR) is 78.1 cm³/mol. The van der Waals surface area contributed by atoms with E-state index in [1.54, 1.807) is 22.9 Å². The zero-order valence-electron chi connectivity index (χ0n) is 9.97. The van der Waals surface area contributed by atoms with Crippen molar-refractivity contribution in [3.8, 4) is 5.69 Å². The molecule has 19 heavy (non-hydrogen) atoms. The van der Waals surface area contributed by atoms with E-state index in [1.165, 1.54) is 4.57 Å². The van der Waals surface area contributed by atoms with Gasteiger partial charge in [0.1, 0.15) is 0 Å². The van der Waals surface area contributed by atoms with Crippen molar-refractivity contribution in [2.24, 2.45) is 0 Å². The highest BCUT2D eigenvalue weighted by atomic mass is 35.5. The van der Waals surface area contributed by atoms with Crippen LogP contribution in [0.15, 0.2) is 23.0 Å². The maximum Gasteiger partial charge on any atom is 0.349 e. The molecule has 0 aliphatic carbocycles. The first-order valence-corrected chi connectivity index (χ1v) is 7.14. The van der Waals surface area contributed by atoms with E-state index in [0.29, 0.717) is 27.0 Å². The average molecular weight is 316 g/mol. The maximum absolute atomic E-state index is 12.4. The molecule has 0 saturated heterocycles. The zero-order chi connectivity index (χ0) is 13.6. The normalized spacial score (nSPS) is 14.4. The van der Waals surface area contributed by atoms with Gasteiger partial charge in [-0.15, -0.1) is 0 Å². The topological polar surface area (TPSA) is 31.9 Å². The van der Waals surface area contributed by atoms with Crippen molar-refractivity contribution in [3.05, 3.63) is 43.5 Å². The number of benzene rings is 1. The van der Waals surface area contributed by atoms with E-state index in [9.17, 15) is 4.79 Å². The van der Waals surface area contributed by atoms with Gasteiger partial charge in [-0.05, 0) is 43.3 Å². The van der Waals surface area contributed by atoms with E-state index in [-0.39, 0.29) is 5.69 Å². The minimum absolute atomic E-state index is 0.122. The molecule has 1 aliphatic rings. The van der Waals surface area contributed by atoms with Gasteiger partial charge < -0.3 is 0 Å². The molecule has 3 rings (SSSR count). The van der Waals surface area contributed by atoms with Crippen LogP contribution in [0.5, 0.6) is 0 Å². The van der Waals surface area contributed by atoms with Crippen molar-refractivity contribution in [1.82, 2.24) is 13.9 Å². The van der Waals surface area contributed by atoms with Crippen LogP contribution in [0.2, 0.25) is 10.0 Å². The molecule has 7 heteroatoms. The van der Waals surface area contributed by atoms with Crippen molar-refractivity contribution in [1.29, 1.82) is 0 Å². The Morgan fingerprint density at radius 2 is 1.74 bits per heavy atom. The van der Waals surface area contributed by atoms with E-state index >= 15 is 0 Å². The first-order valence-electron chi connectivity index (χ1n) is 5.97. The predicted octanol–water partition coefficient (Wildman–Crippen LogP) is 3.27. The van der Waals surface area contributed by atoms with Crippen LogP contribution in [0, 0.1) is 4.77 Å². The smallest absolute Gasteiger partial charge is 0.256 e. The summed E-state index contributed by atoms with van der Waals surface area (Å²) in [6.07, 6.45) is 2.04. The molecular formula is C12H11Cl2N3OS. The third-order valence-electron chi connectivity index (χ3n) is 3.27. The molecule has 0 radical (unpaired) electrons. The fourth-order valence-corrected chi connectivity index (χ4v) is 2.99. The van der Waals surface area contributed by atoms with Crippen LogP contribution in [0.1, 0.15) is 12.8 Å². The fraction of sp³-hybridized carbons (Fsp3) is 0.333. The van der Waals surface area contributed by atoms with Gasteiger partial charge in [0.25, 0.3) is 0 Å². The van der Waals surface area contributed by atoms with Crippen LogP contribution >= 0.6 is 35.4 Å². The minimum atomic E-state index is -0.122. The Bertz CT molecular complexity index is 722. The number of fused-ring (bicyclic) bond motifs is 1. The summed E-state index contributed by atoms with van der Waals surface area (Å²) in [5.74, 6) is 0. The number of rotatable bonds is 1. The number of hydrogen-bond acceptors (Lipinski definition) is 2. The van der Waals surface area contributed by atoms with E-state index < -0.39 is 0 Å². The second-order valence-electron chi connectivity index (χ2n) is 4.45. The summed E-state index contributed by atoms with van der Waals surface area (Å²) < 4.78 is 5.55. The van der Waals surface area contributed by atoms with Gasteiger partial charge in [0.2, 0.25) is 4.77 Å². The molecule has 1 aliphatic heterocycles. The molecule has 0 unspecified atom stereocenters. The molecule has 0 amide bonds. The summed E-state index contributed by atoms with van der Waals surface area (Å²) in [5, 5.41) is 0.871. The molecule has 0 fully saturated rings. The Kier molecular flexibility index (Phi) is 3.28. The number of hydrogen-bond donors (Lipinski definition) is 0. The van der Waals surface area contributed by atoms with Crippen LogP contribution in [0.25, 0.3) is 5.69 Å². The second kappa shape index (κ2) is 4.81. The molecule has 0 bridgehead atoms. The van der Waals surface area contributed by atoms with Crippen LogP contribution in [-0.2, 0) is 13.1 Å². The van der Waals surface area contributed by atoms with Crippen LogP contribution in [0.3, 0.4) is 0 Å². The standard InChI is InChI=1S/C12H11Cl2N3OS/c13-9-4-3-8(7-10(9)14)17-11(18)15-5-1-2-6-16(15)12(17)19/h3-4,7H,1-2,5-6H2.